The molecule has 2 unspecified atom stereocenters. The number of carboxylic acids is 1. The van der Waals surface area contributed by atoms with Gasteiger partial charge in [0.1, 0.15) is 0 Å². The van der Waals surface area contributed by atoms with E-state index < -0.39 is 5.97 Å². The summed E-state index contributed by atoms with van der Waals surface area (Å²) in [6.45, 7) is 7.57. The van der Waals surface area contributed by atoms with Gasteiger partial charge in [-0.15, -0.1) is 6.58 Å². The summed E-state index contributed by atoms with van der Waals surface area (Å²) in [5.41, 5.74) is 0. The molecule has 2 nitrogen and oxygen atoms in total. The molecule has 0 heterocycles. The van der Waals surface area contributed by atoms with Gasteiger partial charge in [0.25, 0.3) is 0 Å². The Balaban J connectivity index is 3.87. The lowest BCUT2D eigenvalue weighted by molar-refractivity contribution is -0.142. The van der Waals surface area contributed by atoms with Crippen LogP contribution in [-0.2, 0) is 4.79 Å². The van der Waals surface area contributed by atoms with E-state index >= 15 is 0 Å². The molecule has 0 saturated carbocycles. The van der Waals surface area contributed by atoms with Crippen LogP contribution in [0.4, 0.5) is 0 Å². The van der Waals surface area contributed by atoms with Crippen molar-refractivity contribution in [3.05, 3.63) is 12.7 Å². The Morgan fingerprint density at radius 2 is 2.15 bits per heavy atom. The van der Waals surface area contributed by atoms with Crippen molar-refractivity contribution < 1.29 is 9.90 Å². The molecule has 0 radical (unpaired) electrons. The Morgan fingerprint density at radius 3 is 2.54 bits per heavy atom. The summed E-state index contributed by atoms with van der Waals surface area (Å²) in [4.78, 5) is 10.7. The number of carbonyl (C=O) groups is 1. The summed E-state index contributed by atoms with van der Waals surface area (Å²) in [5, 5.41) is 8.79. The molecule has 2 heteroatoms. The van der Waals surface area contributed by atoms with Crippen LogP contribution in [0.25, 0.3) is 0 Å². The molecule has 0 aliphatic heterocycles. The van der Waals surface area contributed by atoms with E-state index in [1.165, 1.54) is 12.8 Å². The molecule has 76 valence electrons. The molecule has 0 aliphatic carbocycles. The lowest BCUT2D eigenvalue weighted by Crippen LogP contribution is -2.18. The summed E-state index contributed by atoms with van der Waals surface area (Å²) in [7, 11) is 0. The second-order valence-electron chi connectivity index (χ2n) is 3.52. The van der Waals surface area contributed by atoms with Gasteiger partial charge in [0.15, 0.2) is 0 Å². The minimum Gasteiger partial charge on any atom is -0.481 e. The molecule has 13 heavy (non-hydrogen) atoms. The summed E-state index contributed by atoms with van der Waals surface area (Å²) in [6, 6.07) is 0. The standard InChI is InChI=1S/C11H20O2/c1-4-6-7-8-10(5-2)9(3)11(12)13/h5,9-10H,2,4,6-8H2,1,3H3,(H,12,13). The summed E-state index contributed by atoms with van der Waals surface area (Å²) in [6.07, 6.45) is 6.17. The fourth-order valence-electron chi connectivity index (χ4n) is 1.39. The third-order valence-corrected chi connectivity index (χ3v) is 2.48. The highest BCUT2D eigenvalue weighted by atomic mass is 16.4. The summed E-state index contributed by atoms with van der Waals surface area (Å²) >= 11 is 0. The Hall–Kier alpha value is -0.790. The van der Waals surface area contributed by atoms with Gasteiger partial charge in [-0.2, -0.15) is 0 Å². The number of unbranched alkanes of at least 4 members (excludes halogenated alkanes) is 2. The van der Waals surface area contributed by atoms with E-state index in [0.29, 0.717) is 0 Å². The maximum atomic E-state index is 10.7. The van der Waals surface area contributed by atoms with Gasteiger partial charge in [-0.25, -0.2) is 0 Å². The Bertz CT molecular complexity index is 163. The lowest BCUT2D eigenvalue weighted by Gasteiger charge is -2.16. The number of aliphatic carboxylic acids is 1. The molecule has 0 spiro atoms. The third kappa shape index (κ3) is 4.71. The maximum absolute atomic E-state index is 10.7. The monoisotopic (exact) mass is 184 g/mol. The summed E-state index contributed by atoms with van der Waals surface area (Å²) < 4.78 is 0. The van der Waals surface area contributed by atoms with Crippen molar-refractivity contribution >= 4 is 5.97 Å². The fraction of sp³-hybridized carbons (Fsp3) is 0.727. The number of carboxylic acid groups (broad SMARTS) is 1. The van der Waals surface area contributed by atoms with Gasteiger partial charge in [-0.1, -0.05) is 39.2 Å². The molecule has 0 aliphatic rings. The number of hydrogen-bond donors (Lipinski definition) is 1. The normalized spacial score (nSPS) is 14.9. The van der Waals surface area contributed by atoms with E-state index in [9.17, 15) is 4.79 Å². The molecule has 2 atom stereocenters. The van der Waals surface area contributed by atoms with Crippen molar-refractivity contribution in [2.24, 2.45) is 11.8 Å². The SMILES string of the molecule is C=CC(CCCCC)C(C)C(=O)O. The molecule has 0 saturated heterocycles. The Kier molecular flexibility index (Phi) is 6.29. The van der Waals surface area contributed by atoms with E-state index in [0.717, 1.165) is 12.8 Å². The van der Waals surface area contributed by atoms with Crippen LogP contribution >= 0.6 is 0 Å². The van der Waals surface area contributed by atoms with Gasteiger partial charge in [-0.3, -0.25) is 4.79 Å². The minimum atomic E-state index is -0.721. The quantitative estimate of drug-likeness (QED) is 0.487. The minimum absolute atomic E-state index is 0.129. The second kappa shape index (κ2) is 6.70. The highest BCUT2D eigenvalue weighted by Gasteiger charge is 2.19. The average molecular weight is 184 g/mol. The van der Waals surface area contributed by atoms with Crippen LogP contribution < -0.4 is 0 Å². The zero-order valence-corrected chi connectivity index (χ0v) is 8.62. The molecule has 0 amide bonds. The molecule has 1 N–H and O–H groups in total. The average Bonchev–Trinajstić information content (AvgIpc) is 2.11. The van der Waals surface area contributed by atoms with Crippen molar-refractivity contribution in [1.82, 2.24) is 0 Å². The van der Waals surface area contributed by atoms with Crippen LogP contribution in [0.3, 0.4) is 0 Å². The van der Waals surface area contributed by atoms with Gasteiger partial charge < -0.3 is 5.11 Å². The van der Waals surface area contributed by atoms with Crippen LogP contribution in [0.5, 0.6) is 0 Å². The highest BCUT2D eigenvalue weighted by molar-refractivity contribution is 5.70. The van der Waals surface area contributed by atoms with E-state index in [4.69, 9.17) is 5.11 Å². The molecule has 0 fully saturated rings. The maximum Gasteiger partial charge on any atom is 0.306 e. The van der Waals surface area contributed by atoms with Gasteiger partial charge >= 0.3 is 5.97 Å². The predicted octanol–water partition coefficient (Wildman–Crippen LogP) is 3.09. The van der Waals surface area contributed by atoms with Gasteiger partial charge in [-0.05, 0) is 12.3 Å². The van der Waals surface area contributed by atoms with Crippen LogP contribution in [0.1, 0.15) is 39.5 Å². The zero-order chi connectivity index (χ0) is 10.3. The molecule has 0 aromatic rings. The van der Waals surface area contributed by atoms with Crippen molar-refractivity contribution in [3.63, 3.8) is 0 Å². The van der Waals surface area contributed by atoms with Crippen LogP contribution in [-0.4, -0.2) is 11.1 Å². The smallest absolute Gasteiger partial charge is 0.306 e. The molecular weight excluding hydrogens is 164 g/mol. The Labute approximate surface area is 80.7 Å². The summed E-state index contributed by atoms with van der Waals surface area (Å²) in [5.74, 6) is -0.889. The van der Waals surface area contributed by atoms with Crippen molar-refractivity contribution in [2.75, 3.05) is 0 Å². The first-order valence-electron chi connectivity index (χ1n) is 4.98. The van der Waals surface area contributed by atoms with E-state index in [1.807, 2.05) is 0 Å². The second-order valence-corrected chi connectivity index (χ2v) is 3.52. The molecule has 0 aromatic heterocycles. The largest absolute Gasteiger partial charge is 0.481 e. The number of allylic oxidation sites excluding steroid dienone is 1. The fourth-order valence-corrected chi connectivity index (χ4v) is 1.39. The zero-order valence-electron chi connectivity index (χ0n) is 8.62. The predicted molar refractivity (Wildman–Crippen MR) is 54.6 cm³/mol. The first-order chi connectivity index (χ1) is 6.13. The van der Waals surface area contributed by atoms with Gasteiger partial charge in [0.2, 0.25) is 0 Å². The van der Waals surface area contributed by atoms with Crippen LogP contribution in [0.2, 0.25) is 0 Å². The van der Waals surface area contributed by atoms with Gasteiger partial charge in [0, 0.05) is 0 Å². The number of hydrogen-bond acceptors (Lipinski definition) is 1. The molecule has 0 aromatic carbocycles. The number of rotatable bonds is 7. The van der Waals surface area contributed by atoms with Crippen molar-refractivity contribution in [1.29, 1.82) is 0 Å². The van der Waals surface area contributed by atoms with Crippen molar-refractivity contribution in [3.8, 4) is 0 Å². The van der Waals surface area contributed by atoms with Gasteiger partial charge in [0.05, 0.1) is 5.92 Å². The van der Waals surface area contributed by atoms with E-state index in [2.05, 4.69) is 13.5 Å². The van der Waals surface area contributed by atoms with Crippen LogP contribution in [0, 0.1) is 11.8 Å². The third-order valence-electron chi connectivity index (χ3n) is 2.48. The Morgan fingerprint density at radius 1 is 1.54 bits per heavy atom. The molecular formula is C11H20O2. The van der Waals surface area contributed by atoms with Crippen molar-refractivity contribution in [2.45, 2.75) is 39.5 Å². The van der Waals surface area contributed by atoms with Crippen LogP contribution in [0.15, 0.2) is 12.7 Å². The van der Waals surface area contributed by atoms with E-state index in [1.54, 1.807) is 13.0 Å². The molecule has 0 bridgehead atoms. The first kappa shape index (κ1) is 12.2. The highest BCUT2D eigenvalue weighted by Crippen LogP contribution is 2.20. The topological polar surface area (TPSA) is 37.3 Å². The lowest BCUT2D eigenvalue weighted by atomic mass is 9.89. The van der Waals surface area contributed by atoms with E-state index in [-0.39, 0.29) is 11.8 Å². The first-order valence-corrected chi connectivity index (χ1v) is 4.98. The molecule has 0 rings (SSSR count).